The second kappa shape index (κ2) is 11.3. The smallest absolute Gasteiger partial charge is 0.410 e. The van der Waals surface area contributed by atoms with Gasteiger partial charge in [-0.1, -0.05) is 19.9 Å². The summed E-state index contributed by atoms with van der Waals surface area (Å²) < 4.78 is 9.86. The third-order valence-corrected chi connectivity index (χ3v) is 6.94. The van der Waals surface area contributed by atoms with E-state index in [1.165, 1.54) is 37.1 Å². The van der Waals surface area contributed by atoms with Crippen LogP contribution in [0.25, 0.3) is 0 Å². The summed E-state index contributed by atoms with van der Waals surface area (Å²) in [6.07, 6.45) is 8.14. The number of Topliss-reactive ketones (excluding diaryl/α,β-unsaturated/α-hetero) is 1. The molecule has 33 heavy (non-hydrogen) atoms. The Hall–Kier alpha value is -2.87. The Bertz CT molecular complexity index is 1070. The molecule has 0 radical (unpaired) electrons. The number of aromatic hydroxyl groups is 1. The van der Waals surface area contributed by atoms with Gasteiger partial charge in [-0.15, -0.1) is 11.3 Å². The molecule has 1 saturated carbocycles. The number of carbonyl (C=O) groups is 2. The van der Waals surface area contributed by atoms with Gasteiger partial charge >= 0.3 is 11.7 Å². The predicted molar refractivity (Wildman–Crippen MR) is 127 cm³/mol. The number of alkyl carbamates (subject to hydrolysis) is 1. The van der Waals surface area contributed by atoms with E-state index in [0.29, 0.717) is 25.0 Å². The van der Waals surface area contributed by atoms with Gasteiger partial charge in [0.25, 0.3) is 0 Å². The van der Waals surface area contributed by atoms with Crippen molar-refractivity contribution >= 4 is 23.2 Å². The van der Waals surface area contributed by atoms with Crippen molar-refractivity contribution in [2.24, 2.45) is 11.8 Å². The van der Waals surface area contributed by atoms with Crippen LogP contribution in [0.3, 0.4) is 0 Å². The van der Waals surface area contributed by atoms with Crippen molar-refractivity contribution in [2.75, 3.05) is 7.11 Å². The van der Waals surface area contributed by atoms with Crippen LogP contribution in [0.4, 0.5) is 4.79 Å². The van der Waals surface area contributed by atoms with E-state index >= 15 is 0 Å². The van der Waals surface area contributed by atoms with Crippen LogP contribution >= 0.6 is 11.3 Å². The molecular weight excluding hydrogens is 442 g/mol. The minimum Gasteiger partial charge on any atom is -0.507 e. The number of carbonyl (C=O) groups excluding carboxylic acids is 2. The van der Waals surface area contributed by atoms with Crippen molar-refractivity contribution in [1.82, 2.24) is 5.32 Å². The average molecular weight is 474 g/mol. The highest BCUT2D eigenvalue weighted by Crippen LogP contribution is 2.35. The monoisotopic (exact) mass is 473 g/mol. The summed E-state index contributed by atoms with van der Waals surface area (Å²) in [6.45, 7) is 3.63. The Balaban J connectivity index is 1.59. The number of ether oxygens (including phenoxy) is 1. The first-order valence-corrected chi connectivity index (χ1v) is 12.1. The molecule has 0 spiro atoms. The molecule has 0 saturated heterocycles. The predicted octanol–water partition coefficient (Wildman–Crippen LogP) is 5.17. The first kappa shape index (κ1) is 24.8. The molecule has 0 aromatic carbocycles. The SMILES string of the molecule is COC(=O)N/C=C/CCC(C)c1cc(O)c(C(=O)C(C)Cc2ccc(CC3CC3)s2)c(=O)o1. The third-order valence-electron chi connectivity index (χ3n) is 5.81. The van der Waals surface area contributed by atoms with E-state index in [0.717, 1.165) is 17.2 Å². The summed E-state index contributed by atoms with van der Waals surface area (Å²) in [5.41, 5.74) is -1.09. The molecule has 2 atom stereocenters. The number of hydrogen-bond acceptors (Lipinski definition) is 7. The molecule has 2 aromatic rings. The number of methoxy groups -OCH3 is 1. The Kier molecular flexibility index (Phi) is 8.49. The van der Waals surface area contributed by atoms with Crippen LogP contribution in [0.1, 0.15) is 71.3 Å². The second-order valence-electron chi connectivity index (χ2n) is 8.70. The minimum absolute atomic E-state index is 0.163. The lowest BCUT2D eigenvalue weighted by Gasteiger charge is -2.13. The van der Waals surface area contributed by atoms with Gasteiger partial charge in [-0.05, 0) is 56.6 Å². The number of hydrogen-bond donors (Lipinski definition) is 2. The van der Waals surface area contributed by atoms with E-state index in [1.54, 1.807) is 24.3 Å². The summed E-state index contributed by atoms with van der Waals surface area (Å²) in [5, 5.41) is 12.9. The van der Waals surface area contributed by atoms with Crippen molar-refractivity contribution in [3.8, 4) is 5.75 Å². The number of amides is 1. The Morgan fingerprint density at radius 1 is 1.30 bits per heavy atom. The molecule has 0 aliphatic heterocycles. The minimum atomic E-state index is -0.808. The normalized spacial score (nSPS) is 15.4. The molecule has 8 heteroatoms. The van der Waals surface area contributed by atoms with Gasteiger partial charge in [0.2, 0.25) is 0 Å². The largest absolute Gasteiger partial charge is 0.507 e. The molecule has 2 heterocycles. The molecule has 0 bridgehead atoms. The fourth-order valence-corrected chi connectivity index (χ4v) is 4.88. The number of rotatable bonds is 11. The Labute approximate surface area is 197 Å². The van der Waals surface area contributed by atoms with E-state index in [-0.39, 0.29) is 17.2 Å². The van der Waals surface area contributed by atoms with Crippen molar-refractivity contribution in [2.45, 2.75) is 58.3 Å². The molecular formula is C25H31NO6S. The fraction of sp³-hybridized carbons (Fsp3) is 0.480. The van der Waals surface area contributed by atoms with Crippen LogP contribution in [0.15, 0.2) is 39.7 Å². The van der Waals surface area contributed by atoms with Crippen LogP contribution < -0.4 is 10.9 Å². The first-order valence-electron chi connectivity index (χ1n) is 11.3. The van der Waals surface area contributed by atoms with E-state index < -0.39 is 23.4 Å². The van der Waals surface area contributed by atoms with E-state index in [4.69, 9.17) is 4.42 Å². The average Bonchev–Trinajstić information content (AvgIpc) is 3.49. The summed E-state index contributed by atoms with van der Waals surface area (Å²) >= 11 is 1.72. The van der Waals surface area contributed by atoms with Gasteiger partial charge < -0.3 is 14.3 Å². The van der Waals surface area contributed by atoms with Crippen molar-refractivity contribution in [3.63, 3.8) is 0 Å². The van der Waals surface area contributed by atoms with Gasteiger partial charge in [-0.25, -0.2) is 9.59 Å². The van der Waals surface area contributed by atoms with Gasteiger partial charge in [0.1, 0.15) is 17.1 Å². The van der Waals surface area contributed by atoms with Crippen molar-refractivity contribution in [3.05, 3.63) is 62.0 Å². The first-order chi connectivity index (χ1) is 15.8. The topological polar surface area (TPSA) is 106 Å². The lowest BCUT2D eigenvalue weighted by molar-refractivity contribution is 0.0922. The number of thiophene rings is 1. The Morgan fingerprint density at radius 3 is 2.70 bits per heavy atom. The zero-order chi connectivity index (χ0) is 24.0. The molecule has 2 N–H and O–H groups in total. The van der Waals surface area contributed by atoms with Gasteiger partial charge in [0, 0.05) is 33.9 Å². The summed E-state index contributed by atoms with van der Waals surface area (Å²) in [6, 6.07) is 5.54. The zero-order valence-corrected chi connectivity index (χ0v) is 20.1. The summed E-state index contributed by atoms with van der Waals surface area (Å²) in [5.74, 6) is -0.224. The Morgan fingerprint density at radius 2 is 2.03 bits per heavy atom. The third kappa shape index (κ3) is 7.05. The molecule has 3 rings (SSSR count). The van der Waals surface area contributed by atoms with Crippen LogP contribution in [-0.2, 0) is 17.6 Å². The van der Waals surface area contributed by atoms with Crippen LogP contribution in [0, 0.1) is 11.8 Å². The molecule has 2 aromatic heterocycles. The fourth-order valence-electron chi connectivity index (χ4n) is 3.62. The van der Waals surface area contributed by atoms with Crippen LogP contribution in [0.5, 0.6) is 5.75 Å². The van der Waals surface area contributed by atoms with Crippen LogP contribution in [-0.4, -0.2) is 24.1 Å². The zero-order valence-electron chi connectivity index (χ0n) is 19.3. The quantitative estimate of drug-likeness (QED) is 0.436. The van der Waals surface area contributed by atoms with Gasteiger partial charge in [-0.3, -0.25) is 10.1 Å². The molecule has 1 aliphatic rings. The number of nitrogens with one attached hydrogen (secondary N) is 1. The van der Waals surface area contributed by atoms with Gasteiger partial charge in [0.05, 0.1) is 7.11 Å². The summed E-state index contributed by atoms with van der Waals surface area (Å²) in [4.78, 5) is 38.9. The highest BCUT2D eigenvalue weighted by molar-refractivity contribution is 7.12. The highest BCUT2D eigenvalue weighted by atomic mass is 32.1. The van der Waals surface area contributed by atoms with E-state index in [2.05, 4.69) is 22.2 Å². The number of ketones is 1. The number of allylic oxidation sites excluding steroid dienone is 1. The standard InChI is InChI=1S/C25H31NO6S/c1-15(6-4-5-11-26-25(30)31-3)21-14-20(27)22(24(29)32-21)23(28)16(2)12-18-9-10-19(33-18)13-17-7-8-17/h5,9-11,14-17,27H,4,6-8,12-13H2,1-3H3,(H,26,30)/b11-5+. The van der Waals surface area contributed by atoms with Gasteiger partial charge in [-0.2, -0.15) is 0 Å². The lowest BCUT2D eigenvalue weighted by Crippen LogP contribution is -2.22. The van der Waals surface area contributed by atoms with Crippen molar-refractivity contribution in [1.29, 1.82) is 0 Å². The maximum Gasteiger partial charge on any atom is 0.410 e. The molecule has 7 nitrogen and oxygen atoms in total. The van der Waals surface area contributed by atoms with E-state index in [9.17, 15) is 19.5 Å². The van der Waals surface area contributed by atoms with Gasteiger partial charge in [0.15, 0.2) is 5.78 Å². The summed E-state index contributed by atoms with van der Waals surface area (Å²) in [7, 11) is 1.28. The molecule has 1 aliphatic carbocycles. The highest BCUT2D eigenvalue weighted by Gasteiger charge is 2.26. The van der Waals surface area contributed by atoms with E-state index in [1.807, 2.05) is 6.92 Å². The molecule has 1 fully saturated rings. The molecule has 1 amide bonds. The maximum atomic E-state index is 12.9. The molecule has 2 unspecified atom stereocenters. The van der Waals surface area contributed by atoms with Crippen molar-refractivity contribution < 1.29 is 23.8 Å². The second-order valence-corrected chi connectivity index (χ2v) is 9.95. The maximum absolute atomic E-state index is 12.9. The lowest BCUT2D eigenvalue weighted by atomic mass is 9.95. The van der Waals surface area contributed by atoms with Crippen LogP contribution in [0.2, 0.25) is 0 Å². The molecule has 178 valence electrons.